The summed E-state index contributed by atoms with van der Waals surface area (Å²) in [7, 11) is 0. The average Bonchev–Trinajstić information content (AvgIpc) is 2.85. The van der Waals surface area contributed by atoms with E-state index in [1.807, 2.05) is 49.4 Å². The van der Waals surface area contributed by atoms with E-state index in [2.05, 4.69) is 39.6 Å². The molecule has 0 spiro atoms. The van der Waals surface area contributed by atoms with Crippen LogP contribution in [0.1, 0.15) is 33.6 Å². The SMILES string of the molecule is Cc1ccc([C@@]2(NC(=O)c3cccc4cccnc34)CCOc3cccnc32)cc1.O=CO. The summed E-state index contributed by atoms with van der Waals surface area (Å²) in [6.07, 6.45) is 4.03. The number of hydrogen-bond donors (Lipinski definition) is 2. The van der Waals surface area contributed by atoms with Gasteiger partial charge in [-0.05, 0) is 36.8 Å². The second-order valence-corrected chi connectivity index (χ2v) is 7.66. The number of pyridine rings is 2. The molecule has 2 N–H and O–H groups in total. The number of carbonyl (C=O) groups excluding carboxylic acids is 1. The van der Waals surface area contributed by atoms with E-state index in [-0.39, 0.29) is 12.4 Å². The molecule has 0 radical (unpaired) electrons. The van der Waals surface area contributed by atoms with E-state index in [1.54, 1.807) is 12.4 Å². The minimum absolute atomic E-state index is 0.182. The molecule has 0 fully saturated rings. The van der Waals surface area contributed by atoms with Gasteiger partial charge >= 0.3 is 0 Å². The highest BCUT2D eigenvalue weighted by molar-refractivity contribution is 6.05. The zero-order valence-corrected chi connectivity index (χ0v) is 18.1. The summed E-state index contributed by atoms with van der Waals surface area (Å²) < 4.78 is 5.86. The summed E-state index contributed by atoms with van der Waals surface area (Å²) in [5.74, 6) is 0.513. The molecule has 4 aromatic rings. The molecule has 2 aromatic heterocycles. The fourth-order valence-corrected chi connectivity index (χ4v) is 4.12. The van der Waals surface area contributed by atoms with Crippen LogP contribution in [-0.2, 0) is 10.3 Å². The molecule has 5 rings (SSSR count). The molecule has 0 unspecified atom stereocenters. The topological polar surface area (TPSA) is 101 Å². The quantitative estimate of drug-likeness (QED) is 0.464. The van der Waals surface area contributed by atoms with Crippen molar-refractivity contribution in [3.05, 3.63) is 102 Å². The number of nitrogens with zero attached hydrogens (tertiary/aromatic N) is 2. The van der Waals surface area contributed by atoms with Gasteiger partial charge < -0.3 is 15.2 Å². The summed E-state index contributed by atoms with van der Waals surface area (Å²) in [6, 6.07) is 21.5. The Labute approximate surface area is 191 Å². The van der Waals surface area contributed by atoms with Gasteiger partial charge in [-0.15, -0.1) is 0 Å². The molecule has 0 saturated carbocycles. The third-order valence-corrected chi connectivity index (χ3v) is 5.66. The molecule has 1 aliphatic rings. The van der Waals surface area contributed by atoms with Crippen LogP contribution in [0.25, 0.3) is 10.9 Å². The number of rotatable bonds is 3. The molecule has 0 aliphatic carbocycles. The minimum atomic E-state index is -0.781. The van der Waals surface area contributed by atoms with E-state index in [0.29, 0.717) is 29.9 Å². The van der Waals surface area contributed by atoms with Crippen LogP contribution in [0.5, 0.6) is 5.75 Å². The van der Waals surface area contributed by atoms with Crippen LogP contribution in [0.3, 0.4) is 0 Å². The van der Waals surface area contributed by atoms with Crippen LogP contribution in [0.2, 0.25) is 0 Å². The summed E-state index contributed by atoms with van der Waals surface area (Å²) in [6.45, 7) is 2.29. The van der Waals surface area contributed by atoms with E-state index in [9.17, 15) is 4.79 Å². The highest BCUT2D eigenvalue weighted by Gasteiger charge is 2.42. The van der Waals surface area contributed by atoms with Gasteiger partial charge in [-0.25, -0.2) is 0 Å². The molecule has 7 heteroatoms. The molecular formula is C26H23N3O4. The number of hydrogen-bond acceptors (Lipinski definition) is 5. The summed E-state index contributed by atoms with van der Waals surface area (Å²) >= 11 is 0. The lowest BCUT2D eigenvalue weighted by Gasteiger charge is -2.39. The Morgan fingerprint density at radius 2 is 1.73 bits per heavy atom. The highest BCUT2D eigenvalue weighted by Crippen LogP contribution is 2.40. The largest absolute Gasteiger partial charge is 0.491 e. The van der Waals surface area contributed by atoms with Crippen LogP contribution < -0.4 is 10.1 Å². The van der Waals surface area contributed by atoms with Crippen LogP contribution in [0.4, 0.5) is 0 Å². The summed E-state index contributed by atoms with van der Waals surface area (Å²) in [5.41, 5.74) is 3.32. The van der Waals surface area contributed by atoms with Gasteiger partial charge in [0.2, 0.25) is 0 Å². The lowest BCUT2D eigenvalue weighted by Crippen LogP contribution is -2.50. The summed E-state index contributed by atoms with van der Waals surface area (Å²) in [5, 5.41) is 11.1. The maximum absolute atomic E-state index is 13.6. The van der Waals surface area contributed by atoms with Crippen molar-refractivity contribution in [2.75, 3.05) is 6.61 Å². The van der Waals surface area contributed by atoms with E-state index in [0.717, 1.165) is 22.2 Å². The van der Waals surface area contributed by atoms with Crippen molar-refractivity contribution in [3.8, 4) is 5.75 Å². The van der Waals surface area contributed by atoms with Gasteiger partial charge in [0, 0.05) is 24.2 Å². The standard InChI is InChI=1S/C25H21N3O2.CH2O2/c1-17-9-11-19(12-10-17)25(13-16-30-21-8-4-15-27-23(21)25)28-24(29)20-7-2-5-18-6-3-14-26-22(18)20;2-1-3/h2-12,14-15H,13,16H2,1H3,(H,28,29);1H,(H,2,3)/t25-;/m0./s1. The number of amides is 1. The second kappa shape index (κ2) is 9.48. The van der Waals surface area contributed by atoms with Crippen molar-refractivity contribution in [2.24, 2.45) is 0 Å². The van der Waals surface area contributed by atoms with Crippen LogP contribution in [0, 0.1) is 6.92 Å². The van der Waals surface area contributed by atoms with Crippen molar-refractivity contribution in [3.63, 3.8) is 0 Å². The molecular weight excluding hydrogens is 418 g/mol. The zero-order valence-electron chi connectivity index (χ0n) is 18.1. The molecule has 1 amide bonds. The van der Waals surface area contributed by atoms with Crippen LogP contribution in [-0.4, -0.2) is 34.1 Å². The number of nitrogens with one attached hydrogen (secondary N) is 1. The normalized spacial score (nSPS) is 16.5. The molecule has 3 heterocycles. The molecule has 166 valence electrons. The van der Waals surface area contributed by atoms with E-state index >= 15 is 0 Å². The molecule has 2 aromatic carbocycles. The monoisotopic (exact) mass is 441 g/mol. The Morgan fingerprint density at radius 3 is 2.52 bits per heavy atom. The second-order valence-electron chi connectivity index (χ2n) is 7.66. The molecule has 0 bridgehead atoms. The molecule has 33 heavy (non-hydrogen) atoms. The zero-order chi connectivity index (χ0) is 23.3. The first-order valence-corrected chi connectivity index (χ1v) is 10.5. The first-order valence-electron chi connectivity index (χ1n) is 10.5. The van der Waals surface area contributed by atoms with Gasteiger partial charge in [-0.3, -0.25) is 19.6 Å². The maximum Gasteiger partial charge on any atom is 0.290 e. The van der Waals surface area contributed by atoms with Crippen molar-refractivity contribution < 1.29 is 19.4 Å². The van der Waals surface area contributed by atoms with Gasteiger partial charge in [0.15, 0.2) is 0 Å². The minimum Gasteiger partial charge on any atom is -0.491 e. The number of para-hydroxylation sites is 1. The molecule has 0 saturated heterocycles. The van der Waals surface area contributed by atoms with Crippen LogP contribution in [0.15, 0.2) is 79.1 Å². The number of benzene rings is 2. The van der Waals surface area contributed by atoms with Gasteiger partial charge in [-0.1, -0.05) is 48.0 Å². The van der Waals surface area contributed by atoms with Crippen molar-refractivity contribution in [1.82, 2.24) is 15.3 Å². The highest BCUT2D eigenvalue weighted by atomic mass is 16.5. The number of ether oxygens (including phenoxy) is 1. The van der Waals surface area contributed by atoms with E-state index < -0.39 is 5.54 Å². The Hall–Kier alpha value is -4.26. The first-order chi connectivity index (χ1) is 16.1. The smallest absolute Gasteiger partial charge is 0.290 e. The molecule has 7 nitrogen and oxygen atoms in total. The van der Waals surface area contributed by atoms with Crippen molar-refractivity contribution in [1.29, 1.82) is 0 Å². The summed E-state index contributed by atoms with van der Waals surface area (Å²) in [4.78, 5) is 31.0. The van der Waals surface area contributed by atoms with E-state index in [1.165, 1.54) is 0 Å². The molecule has 1 atom stereocenters. The molecule has 1 aliphatic heterocycles. The van der Waals surface area contributed by atoms with Gasteiger partial charge in [0.05, 0.1) is 17.7 Å². The van der Waals surface area contributed by atoms with Crippen LogP contribution >= 0.6 is 0 Å². The predicted octanol–water partition coefficient (Wildman–Crippen LogP) is 4.10. The Kier molecular flexibility index (Phi) is 6.31. The van der Waals surface area contributed by atoms with Crippen molar-refractivity contribution in [2.45, 2.75) is 18.9 Å². The Morgan fingerprint density at radius 1 is 1.03 bits per heavy atom. The lowest BCUT2D eigenvalue weighted by molar-refractivity contribution is -0.122. The number of aryl methyl sites for hydroxylation is 1. The fourth-order valence-electron chi connectivity index (χ4n) is 4.12. The average molecular weight is 441 g/mol. The Bertz CT molecular complexity index is 1280. The third-order valence-electron chi connectivity index (χ3n) is 5.66. The number of carboxylic acid groups (broad SMARTS) is 1. The fraction of sp³-hybridized carbons (Fsp3) is 0.154. The third kappa shape index (κ3) is 4.25. The number of aromatic nitrogens is 2. The maximum atomic E-state index is 13.6. The Balaban J connectivity index is 0.000000821. The lowest BCUT2D eigenvalue weighted by atomic mass is 9.81. The van der Waals surface area contributed by atoms with Gasteiger partial charge in [0.25, 0.3) is 12.4 Å². The predicted molar refractivity (Wildman–Crippen MR) is 124 cm³/mol. The number of carbonyl (C=O) groups is 2. The number of fused-ring (bicyclic) bond motifs is 2. The van der Waals surface area contributed by atoms with E-state index in [4.69, 9.17) is 14.6 Å². The van der Waals surface area contributed by atoms with Gasteiger partial charge in [0.1, 0.15) is 17.0 Å². The van der Waals surface area contributed by atoms with Crippen molar-refractivity contribution >= 4 is 23.3 Å². The first kappa shape index (κ1) is 22.0. The van der Waals surface area contributed by atoms with Gasteiger partial charge in [-0.2, -0.15) is 0 Å².